The van der Waals surface area contributed by atoms with Gasteiger partial charge in [-0.15, -0.1) is 5.11 Å². The van der Waals surface area contributed by atoms with Crippen molar-refractivity contribution < 1.29 is 16.8 Å². The number of fused-ring (bicyclic) bond motifs is 1. The van der Waals surface area contributed by atoms with Gasteiger partial charge in [-0.25, -0.2) is 36.7 Å². The number of hydrogen-bond donors (Lipinski definition) is 5. The van der Waals surface area contributed by atoms with Crippen LogP contribution in [0.25, 0.3) is 22.2 Å². The Hall–Kier alpha value is -3.24. The van der Waals surface area contributed by atoms with Crippen LogP contribution in [0.15, 0.2) is 55.3 Å². The fourth-order valence-corrected chi connectivity index (χ4v) is 7.04. The van der Waals surface area contributed by atoms with Gasteiger partial charge in [-0.05, 0) is 43.1 Å². The number of aliphatic imine (C=N–C) groups is 1. The first kappa shape index (κ1) is 23.5. The van der Waals surface area contributed by atoms with E-state index in [-0.39, 0.29) is 36.5 Å². The number of aromatic amines is 1. The van der Waals surface area contributed by atoms with Crippen LogP contribution in [0.1, 0.15) is 12.0 Å². The van der Waals surface area contributed by atoms with E-state index in [9.17, 15) is 16.8 Å². The molecule has 1 fully saturated rings. The zero-order valence-electron chi connectivity index (χ0n) is 18.4. The molecule has 1 aromatic heterocycles. The molecule has 2 aromatic carbocycles. The van der Waals surface area contributed by atoms with Crippen molar-refractivity contribution in [1.82, 2.24) is 20.0 Å². The topological polar surface area (TPSA) is 210 Å². The van der Waals surface area contributed by atoms with Crippen molar-refractivity contribution in [3.8, 4) is 11.1 Å². The number of imidazole rings is 1. The highest BCUT2D eigenvalue weighted by atomic mass is 32.2. The minimum absolute atomic E-state index is 0.0255. The molecule has 0 aliphatic carbocycles. The first-order valence-corrected chi connectivity index (χ1v) is 13.7. The lowest BCUT2D eigenvalue weighted by Gasteiger charge is -2.18. The zero-order chi connectivity index (χ0) is 24.8. The van der Waals surface area contributed by atoms with Crippen molar-refractivity contribution >= 4 is 42.9 Å². The van der Waals surface area contributed by atoms with Gasteiger partial charge in [0.2, 0.25) is 20.0 Å². The lowest BCUT2D eigenvalue weighted by atomic mass is 9.97. The molecule has 0 spiro atoms. The Balaban J connectivity index is 1.75. The van der Waals surface area contributed by atoms with E-state index in [0.29, 0.717) is 28.7 Å². The highest BCUT2D eigenvalue weighted by molar-refractivity contribution is 7.92. The molecule has 5 rings (SSSR count). The van der Waals surface area contributed by atoms with Gasteiger partial charge in [0.15, 0.2) is 18.5 Å². The Kier molecular flexibility index (Phi) is 5.88. The van der Waals surface area contributed by atoms with E-state index < -0.39 is 29.8 Å². The van der Waals surface area contributed by atoms with E-state index in [1.54, 1.807) is 18.2 Å². The molecule has 7 N–H and O–H groups in total. The lowest BCUT2D eigenvalue weighted by molar-refractivity contribution is 0.536. The molecule has 0 radical (unpaired) electrons. The van der Waals surface area contributed by atoms with Crippen molar-refractivity contribution in [3.05, 3.63) is 35.9 Å². The van der Waals surface area contributed by atoms with Crippen LogP contribution in [0.4, 0.5) is 5.95 Å². The third-order valence-electron chi connectivity index (χ3n) is 5.91. The molecule has 1 atom stereocenters. The number of nitrogens with one attached hydrogen (secondary N) is 3. The number of azo groups is 1. The maximum Gasteiger partial charge on any atom is 0.241 e. The second-order valence-electron chi connectivity index (χ2n) is 8.26. The van der Waals surface area contributed by atoms with Crippen molar-refractivity contribution in [2.75, 3.05) is 32.0 Å². The number of H-pyrrole nitrogens is 1. The second kappa shape index (κ2) is 8.76. The first-order valence-electron chi connectivity index (χ1n) is 10.7. The fraction of sp³-hybridized carbons (Fsp3) is 0.300. The molecule has 15 heteroatoms. The fourth-order valence-electron chi connectivity index (χ4n) is 4.32. The first-order chi connectivity index (χ1) is 16.6. The van der Waals surface area contributed by atoms with Crippen LogP contribution in [0.3, 0.4) is 0 Å². The number of rotatable bonds is 7. The Labute approximate surface area is 201 Å². The van der Waals surface area contributed by atoms with Gasteiger partial charge in [0.05, 0.1) is 16.6 Å². The molecule has 3 heterocycles. The zero-order valence-corrected chi connectivity index (χ0v) is 20.0. The molecule has 2 aliphatic rings. The Morgan fingerprint density at radius 3 is 2.63 bits per heavy atom. The van der Waals surface area contributed by atoms with Crippen LogP contribution in [0.2, 0.25) is 0 Å². The molecule has 184 valence electrons. The minimum atomic E-state index is -4.57. The summed E-state index contributed by atoms with van der Waals surface area (Å²) in [7, 11) is -8.82. The van der Waals surface area contributed by atoms with Crippen LogP contribution < -0.4 is 20.9 Å². The summed E-state index contributed by atoms with van der Waals surface area (Å²) < 4.78 is 54.9. The molecule has 1 saturated heterocycles. The summed E-state index contributed by atoms with van der Waals surface area (Å²) in [5.74, 6) is 0.224. The van der Waals surface area contributed by atoms with Gasteiger partial charge in [0.25, 0.3) is 0 Å². The quantitative estimate of drug-likeness (QED) is 0.299. The van der Waals surface area contributed by atoms with Gasteiger partial charge in [0, 0.05) is 12.1 Å². The molecule has 0 unspecified atom stereocenters. The molecule has 0 bridgehead atoms. The van der Waals surface area contributed by atoms with E-state index in [1.165, 1.54) is 12.1 Å². The number of aromatic nitrogens is 2. The molecular weight excluding hydrogens is 494 g/mol. The molecule has 3 aromatic rings. The second-order valence-corrected chi connectivity index (χ2v) is 11.5. The standard InChI is InChI=1S/C20H23N9O4S2/c21-20-27-14-3-1-2-13(17(14)28-20)12-4-5-15(35(32,33)26-9-11-6-7-23-8-11)18(34(22,30)31)16(12)19-24-10-25-29-19/h1-5,11,23,26H,6-10H2,(H3,21,27,28)(H2,22,30,31)/t11-/m0/s1. The average Bonchev–Trinajstić information content (AvgIpc) is 3.57. The number of hydrogen-bond acceptors (Lipinski definition) is 10. The summed E-state index contributed by atoms with van der Waals surface area (Å²) in [6.45, 7) is 1.59. The molecule has 13 nitrogen and oxygen atoms in total. The molecular formula is C20H23N9O4S2. The summed E-state index contributed by atoms with van der Waals surface area (Å²) in [6.07, 6.45) is 0.808. The van der Waals surface area contributed by atoms with Crippen LogP contribution in [0.5, 0.6) is 0 Å². The van der Waals surface area contributed by atoms with Crippen LogP contribution >= 0.6 is 0 Å². The van der Waals surface area contributed by atoms with E-state index in [2.05, 4.69) is 35.2 Å². The van der Waals surface area contributed by atoms with Crippen LogP contribution in [-0.4, -0.2) is 58.9 Å². The number of sulfonamides is 2. The monoisotopic (exact) mass is 517 g/mol. The maximum absolute atomic E-state index is 13.3. The Morgan fingerprint density at radius 1 is 1.11 bits per heavy atom. The van der Waals surface area contributed by atoms with Crippen LogP contribution in [0, 0.1) is 5.92 Å². The van der Waals surface area contributed by atoms with E-state index in [0.717, 1.165) is 13.0 Å². The van der Waals surface area contributed by atoms with Crippen molar-refractivity contribution in [1.29, 1.82) is 0 Å². The van der Waals surface area contributed by atoms with E-state index >= 15 is 0 Å². The van der Waals surface area contributed by atoms with Gasteiger partial charge in [-0.3, -0.25) is 0 Å². The number of nitrogens with two attached hydrogens (primary N) is 2. The molecule has 2 aliphatic heterocycles. The van der Waals surface area contributed by atoms with Crippen molar-refractivity contribution in [2.24, 2.45) is 26.3 Å². The van der Waals surface area contributed by atoms with Gasteiger partial charge in [0.1, 0.15) is 9.79 Å². The highest BCUT2D eigenvalue weighted by Crippen LogP contribution is 2.37. The third-order valence-corrected chi connectivity index (χ3v) is 8.50. The number of anilines is 1. The van der Waals surface area contributed by atoms with E-state index in [1.807, 2.05) is 0 Å². The number of para-hydroxylation sites is 1. The highest BCUT2D eigenvalue weighted by Gasteiger charge is 2.33. The summed E-state index contributed by atoms with van der Waals surface area (Å²) in [4.78, 5) is 10.3. The average molecular weight is 518 g/mol. The summed E-state index contributed by atoms with van der Waals surface area (Å²) in [6, 6.07) is 7.91. The minimum Gasteiger partial charge on any atom is -0.369 e. The van der Waals surface area contributed by atoms with E-state index in [4.69, 9.17) is 10.9 Å². The lowest BCUT2D eigenvalue weighted by Crippen LogP contribution is -2.32. The number of nitrogens with zero attached hydrogens (tertiary/aromatic N) is 4. The number of amidine groups is 1. The van der Waals surface area contributed by atoms with Crippen molar-refractivity contribution in [2.45, 2.75) is 16.2 Å². The maximum atomic E-state index is 13.3. The van der Waals surface area contributed by atoms with Gasteiger partial charge in [-0.2, -0.15) is 5.11 Å². The number of nitrogen functional groups attached to an aromatic ring is 1. The summed E-state index contributed by atoms with van der Waals surface area (Å²) >= 11 is 0. The number of primary sulfonamides is 1. The summed E-state index contributed by atoms with van der Waals surface area (Å²) in [5, 5.41) is 16.6. The largest absolute Gasteiger partial charge is 0.369 e. The van der Waals surface area contributed by atoms with Gasteiger partial charge < -0.3 is 16.0 Å². The molecule has 35 heavy (non-hydrogen) atoms. The molecule has 0 amide bonds. The van der Waals surface area contributed by atoms with Gasteiger partial charge >= 0.3 is 0 Å². The van der Waals surface area contributed by atoms with Crippen molar-refractivity contribution in [3.63, 3.8) is 0 Å². The summed E-state index contributed by atoms with van der Waals surface area (Å²) in [5.41, 5.74) is 7.66. The number of benzene rings is 2. The third kappa shape index (κ3) is 4.43. The van der Waals surface area contributed by atoms with Crippen LogP contribution in [-0.2, 0) is 20.0 Å². The Bertz CT molecular complexity index is 1590. The molecule has 0 saturated carbocycles. The smallest absolute Gasteiger partial charge is 0.241 e. The predicted molar refractivity (Wildman–Crippen MR) is 130 cm³/mol. The van der Waals surface area contributed by atoms with Gasteiger partial charge in [-0.1, -0.05) is 18.2 Å². The predicted octanol–water partition coefficient (Wildman–Crippen LogP) is 0.517. The Morgan fingerprint density at radius 2 is 1.94 bits per heavy atom. The normalized spacial score (nSPS) is 18.4. The SMILES string of the molecule is Nc1nc2c(-c3ccc(S(=O)(=O)NC[C@H]4CCNC4)c(S(N)(=O)=O)c3C3=NCN=N3)cccc2[nH]1.